The third-order valence-corrected chi connectivity index (χ3v) is 2.13. The van der Waals surface area contributed by atoms with Crippen molar-refractivity contribution >= 4 is 21.6 Å². The fraction of sp³-hybridized carbons (Fsp3) is 0.167. The predicted molar refractivity (Wildman–Crippen MR) is 41.1 cm³/mol. The van der Waals surface area contributed by atoms with Crippen molar-refractivity contribution in [1.82, 2.24) is 15.2 Å². The summed E-state index contributed by atoms with van der Waals surface area (Å²) < 4.78 is 0.962. The Labute approximate surface area is 66.5 Å². The van der Waals surface area contributed by atoms with Gasteiger partial charge in [-0.25, -0.2) is 4.98 Å². The standard InChI is InChI=1S/C6H5N3OS/c10-2-4-6-5(1-8-9-4)11-3-7-6/h1,3,10H,2H2. The Morgan fingerprint density at radius 3 is 3.27 bits per heavy atom. The van der Waals surface area contributed by atoms with Crippen LogP contribution in [0.25, 0.3) is 10.2 Å². The van der Waals surface area contributed by atoms with Crippen molar-refractivity contribution < 1.29 is 5.11 Å². The van der Waals surface area contributed by atoms with Gasteiger partial charge in [0, 0.05) is 0 Å². The molecule has 1 N–H and O–H groups in total. The second-order valence-electron chi connectivity index (χ2n) is 2.01. The van der Waals surface area contributed by atoms with Gasteiger partial charge >= 0.3 is 0 Å². The molecule has 11 heavy (non-hydrogen) atoms. The maximum atomic E-state index is 8.82. The molecule has 56 valence electrons. The molecule has 2 aromatic rings. The molecule has 0 aliphatic carbocycles. The molecule has 0 unspecified atom stereocenters. The van der Waals surface area contributed by atoms with Gasteiger partial charge in [-0.2, -0.15) is 10.2 Å². The first kappa shape index (κ1) is 6.63. The molecule has 0 aliphatic heterocycles. The van der Waals surface area contributed by atoms with Gasteiger partial charge in [0.1, 0.15) is 11.2 Å². The quantitative estimate of drug-likeness (QED) is 0.674. The molecule has 4 nitrogen and oxygen atoms in total. The average molecular weight is 167 g/mol. The number of hydrogen-bond acceptors (Lipinski definition) is 5. The second-order valence-corrected chi connectivity index (χ2v) is 2.90. The maximum Gasteiger partial charge on any atom is 0.116 e. The maximum absolute atomic E-state index is 8.82. The molecule has 5 heteroatoms. The number of aliphatic hydroxyl groups is 1. The Morgan fingerprint density at radius 2 is 2.45 bits per heavy atom. The van der Waals surface area contributed by atoms with Crippen LogP contribution in [-0.4, -0.2) is 20.3 Å². The van der Waals surface area contributed by atoms with Gasteiger partial charge < -0.3 is 5.11 Å². The fourth-order valence-corrected chi connectivity index (χ4v) is 1.53. The normalized spacial score (nSPS) is 10.6. The summed E-state index contributed by atoms with van der Waals surface area (Å²) in [6.07, 6.45) is 1.64. The van der Waals surface area contributed by atoms with Crippen LogP contribution >= 0.6 is 11.3 Å². The van der Waals surface area contributed by atoms with Crippen molar-refractivity contribution in [1.29, 1.82) is 0 Å². The van der Waals surface area contributed by atoms with E-state index in [1.54, 1.807) is 11.7 Å². The highest BCUT2D eigenvalue weighted by atomic mass is 32.1. The van der Waals surface area contributed by atoms with Gasteiger partial charge in [0.05, 0.1) is 23.0 Å². The van der Waals surface area contributed by atoms with E-state index in [2.05, 4.69) is 15.2 Å². The van der Waals surface area contributed by atoms with Gasteiger partial charge in [0.2, 0.25) is 0 Å². The summed E-state index contributed by atoms with van der Waals surface area (Å²) in [7, 11) is 0. The SMILES string of the molecule is OCc1nncc2scnc12. The number of fused-ring (bicyclic) bond motifs is 1. The first-order chi connectivity index (χ1) is 5.42. The molecular weight excluding hydrogens is 162 g/mol. The van der Waals surface area contributed by atoms with Crippen molar-refractivity contribution in [2.45, 2.75) is 6.61 Å². The third kappa shape index (κ3) is 0.979. The zero-order valence-electron chi connectivity index (χ0n) is 5.56. The minimum absolute atomic E-state index is 0.103. The van der Waals surface area contributed by atoms with Crippen LogP contribution in [0.3, 0.4) is 0 Å². The van der Waals surface area contributed by atoms with Gasteiger partial charge in [-0.3, -0.25) is 0 Å². The predicted octanol–water partition coefficient (Wildman–Crippen LogP) is 0.579. The van der Waals surface area contributed by atoms with Gasteiger partial charge in [0.25, 0.3) is 0 Å². The first-order valence-corrected chi connectivity index (χ1v) is 3.94. The topological polar surface area (TPSA) is 58.9 Å². The number of hydrogen-bond donors (Lipinski definition) is 1. The van der Waals surface area contributed by atoms with Crippen molar-refractivity contribution in [2.75, 3.05) is 0 Å². The summed E-state index contributed by atoms with van der Waals surface area (Å²) in [4.78, 5) is 4.05. The summed E-state index contributed by atoms with van der Waals surface area (Å²) in [5.74, 6) is 0. The summed E-state index contributed by atoms with van der Waals surface area (Å²) >= 11 is 1.49. The van der Waals surface area contributed by atoms with Crippen LogP contribution in [-0.2, 0) is 6.61 Å². The smallest absolute Gasteiger partial charge is 0.116 e. The van der Waals surface area contributed by atoms with Gasteiger partial charge in [-0.05, 0) is 0 Å². The van der Waals surface area contributed by atoms with Crippen molar-refractivity contribution in [3.05, 3.63) is 17.4 Å². The van der Waals surface area contributed by atoms with Crippen LogP contribution in [0.15, 0.2) is 11.7 Å². The molecule has 0 saturated carbocycles. The lowest BCUT2D eigenvalue weighted by molar-refractivity contribution is 0.277. The number of thiazole rings is 1. The molecule has 2 heterocycles. The number of rotatable bonds is 1. The Morgan fingerprint density at radius 1 is 1.55 bits per heavy atom. The molecular formula is C6H5N3OS. The zero-order valence-corrected chi connectivity index (χ0v) is 6.38. The van der Waals surface area contributed by atoms with Crippen LogP contribution < -0.4 is 0 Å². The summed E-state index contributed by atoms with van der Waals surface area (Å²) in [5.41, 5.74) is 3.02. The van der Waals surface area contributed by atoms with E-state index in [1.165, 1.54) is 11.3 Å². The largest absolute Gasteiger partial charge is 0.390 e. The molecule has 2 rings (SSSR count). The lowest BCUT2D eigenvalue weighted by Crippen LogP contribution is -1.92. The van der Waals surface area contributed by atoms with Crippen LogP contribution in [0.4, 0.5) is 0 Å². The summed E-state index contributed by atoms with van der Waals surface area (Å²) in [5, 5.41) is 16.3. The highest BCUT2D eigenvalue weighted by molar-refractivity contribution is 7.16. The van der Waals surface area contributed by atoms with E-state index in [1.807, 2.05) is 0 Å². The minimum Gasteiger partial charge on any atom is -0.390 e. The van der Waals surface area contributed by atoms with Crippen LogP contribution in [0.2, 0.25) is 0 Å². The van der Waals surface area contributed by atoms with E-state index in [-0.39, 0.29) is 6.61 Å². The lowest BCUT2D eigenvalue weighted by Gasteiger charge is -1.92. The van der Waals surface area contributed by atoms with Crippen LogP contribution in [0, 0.1) is 0 Å². The Hall–Kier alpha value is -1.07. The number of aliphatic hydroxyl groups excluding tert-OH is 1. The molecule has 0 bridgehead atoms. The Kier molecular flexibility index (Phi) is 1.52. The van der Waals surface area contributed by atoms with E-state index in [0.29, 0.717) is 5.69 Å². The van der Waals surface area contributed by atoms with Crippen molar-refractivity contribution in [2.24, 2.45) is 0 Å². The van der Waals surface area contributed by atoms with Gasteiger partial charge in [-0.1, -0.05) is 0 Å². The molecule has 0 aliphatic rings. The zero-order chi connectivity index (χ0) is 7.68. The highest BCUT2D eigenvalue weighted by Gasteiger charge is 2.03. The molecule has 0 atom stereocenters. The third-order valence-electron chi connectivity index (χ3n) is 1.37. The van der Waals surface area contributed by atoms with E-state index in [4.69, 9.17) is 5.11 Å². The summed E-state index contributed by atoms with van der Waals surface area (Å²) in [6, 6.07) is 0. The Balaban J connectivity index is 2.79. The van der Waals surface area contributed by atoms with E-state index < -0.39 is 0 Å². The van der Waals surface area contributed by atoms with E-state index in [9.17, 15) is 0 Å². The summed E-state index contributed by atoms with van der Waals surface area (Å²) in [6.45, 7) is -0.103. The minimum atomic E-state index is -0.103. The monoisotopic (exact) mass is 167 g/mol. The van der Waals surface area contributed by atoms with Crippen LogP contribution in [0.1, 0.15) is 5.69 Å². The average Bonchev–Trinajstić information content (AvgIpc) is 2.50. The van der Waals surface area contributed by atoms with Crippen molar-refractivity contribution in [3.8, 4) is 0 Å². The lowest BCUT2D eigenvalue weighted by atomic mass is 10.4. The molecule has 0 amide bonds. The molecule has 2 aromatic heterocycles. The van der Waals surface area contributed by atoms with E-state index in [0.717, 1.165) is 10.2 Å². The molecule has 0 aromatic carbocycles. The second kappa shape index (κ2) is 2.52. The Bertz CT molecular complexity index is 373. The van der Waals surface area contributed by atoms with Gasteiger partial charge in [-0.15, -0.1) is 11.3 Å². The number of aromatic nitrogens is 3. The molecule has 0 radical (unpaired) electrons. The first-order valence-electron chi connectivity index (χ1n) is 3.06. The molecule has 0 fully saturated rings. The fourth-order valence-electron chi connectivity index (χ4n) is 0.868. The van der Waals surface area contributed by atoms with Crippen molar-refractivity contribution in [3.63, 3.8) is 0 Å². The van der Waals surface area contributed by atoms with Crippen LogP contribution in [0.5, 0.6) is 0 Å². The molecule has 0 saturated heterocycles. The number of nitrogens with zero attached hydrogens (tertiary/aromatic N) is 3. The molecule has 0 spiro atoms. The van der Waals surface area contributed by atoms with Gasteiger partial charge in [0.15, 0.2) is 0 Å². The highest BCUT2D eigenvalue weighted by Crippen LogP contribution is 2.17. The van der Waals surface area contributed by atoms with E-state index >= 15 is 0 Å².